The summed E-state index contributed by atoms with van der Waals surface area (Å²) in [6.07, 6.45) is 2.33. The van der Waals surface area contributed by atoms with Gasteiger partial charge in [0, 0.05) is 0 Å². The Bertz CT molecular complexity index is 320. The van der Waals surface area contributed by atoms with Gasteiger partial charge >= 0.3 is 5.97 Å². The maximum absolute atomic E-state index is 11.2. The number of ether oxygens (including phenoxy) is 1. The number of carboxylic acid groups (broad SMARTS) is 1. The fourth-order valence-electron chi connectivity index (χ4n) is 3.22. The largest absolute Gasteiger partial charge is 0.481 e. The van der Waals surface area contributed by atoms with Gasteiger partial charge in [0.25, 0.3) is 0 Å². The summed E-state index contributed by atoms with van der Waals surface area (Å²) < 4.78 is 6.05. The van der Waals surface area contributed by atoms with Gasteiger partial charge < -0.3 is 14.9 Å². The lowest BCUT2D eigenvalue weighted by Crippen LogP contribution is -2.61. The molecule has 2 atom stereocenters. The van der Waals surface area contributed by atoms with Crippen LogP contribution in [0.25, 0.3) is 0 Å². The maximum Gasteiger partial charge on any atom is 0.309 e. The van der Waals surface area contributed by atoms with Crippen molar-refractivity contribution in [3.8, 4) is 0 Å². The predicted molar refractivity (Wildman–Crippen MR) is 69.5 cm³/mol. The SMILES string of the molecule is CCC(O)(CC)C1(C)CCC(C(=O)O)C(C)(C)O1. The van der Waals surface area contributed by atoms with Gasteiger partial charge in [0.05, 0.1) is 22.7 Å². The molecule has 106 valence electrons. The van der Waals surface area contributed by atoms with Gasteiger partial charge in [-0.3, -0.25) is 4.79 Å². The Labute approximate surface area is 109 Å². The standard InChI is InChI=1S/C14H26O4/c1-6-14(17,7-2)13(5)9-8-10(11(15)16)12(3,4)18-13/h10,17H,6-9H2,1-5H3,(H,15,16). The van der Waals surface area contributed by atoms with Gasteiger partial charge in [0.1, 0.15) is 0 Å². The zero-order valence-electron chi connectivity index (χ0n) is 12.1. The molecule has 0 bridgehead atoms. The molecule has 1 saturated heterocycles. The lowest BCUT2D eigenvalue weighted by Gasteiger charge is -2.53. The van der Waals surface area contributed by atoms with Gasteiger partial charge in [0.2, 0.25) is 0 Å². The van der Waals surface area contributed by atoms with Gasteiger partial charge in [-0.1, -0.05) is 13.8 Å². The minimum Gasteiger partial charge on any atom is -0.481 e. The molecule has 1 aliphatic heterocycles. The molecule has 0 aromatic heterocycles. The van der Waals surface area contributed by atoms with Crippen LogP contribution in [-0.2, 0) is 9.53 Å². The molecule has 4 nitrogen and oxygen atoms in total. The van der Waals surface area contributed by atoms with Crippen molar-refractivity contribution >= 4 is 5.97 Å². The Balaban J connectivity index is 3.01. The van der Waals surface area contributed by atoms with Crippen LogP contribution in [0.1, 0.15) is 60.3 Å². The summed E-state index contributed by atoms with van der Waals surface area (Å²) in [6.45, 7) is 9.38. The molecule has 18 heavy (non-hydrogen) atoms. The third-order valence-electron chi connectivity index (χ3n) is 4.69. The number of carbonyl (C=O) groups is 1. The van der Waals surface area contributed by atoms with Crippen molar-refractivity contribution in [3.05, 3.63) is 0 Å². The first-order valence-corrected chi connectivity index (χ1v) is 6.77. The fourth-order valence-corrected chi connectivity index (χ4v) is 3.22. The van der Waals surface area contributed by atoms with Crippen molar-refractivity contribution in [2.24, 2.45) is 5.92 Å². The van der Waals surface area contributed by atoms with E-state index in [2.05, 4.69) is 0 Å². The van der Waals surface area contributed by atoms with E-state index in [1.807, 2.05) is 20.8 Å². The molecule has 0 amide bonds. The molecular formula is C14H26O4. The van der Waals surface area contributed by atoms with Crippen LogP contribution in [0.3, 0.4) is 0 Å². The number of hydrogen-bond donors (Lipinski definition) is 2. The molecular weight excluding hydrogens is 232 g/mol. The van der Waals surface area contributed by atoms with Crippen LogP contribution in [0.2, 0.25) is 0 Å². The minimum absolute atomic E-state index is 0.511. The second-order valence-electron chi connectivity index (χ2n) is 6.10. The van der Waals surface area contributed by atoms with Gasteiger partial charge in [-0.25, -0.2) is 0 Å². The molecule has 0 aromatic rings. The monoisotopic (exact) mass is 258 g/mol. The van der Waals surface area contributed by atoms with Crippen LogP contribution in [0.5, 0.6) is 0 Å². The number of aliphatic hydroxyl groups is 1. The third-order valence-corrected chi connectivity index (χ3v) is 4.69. The van der Waals surface area contributed by atoms with Crippen molar-refractivity contribution < 1.29 is 19.7 Å². The number of aliphatic carboxylic acids is 1. The number of hydrogen-bond acceptors (Lipinski definition) is 3. The fraction of sp³-hybridized carbons (Fsp3) is 0.929. The highest BCUT2D eigenvalue weighted by molar-refractivity contribution is 5.71. The first-order chi connectivity index (χ1) is 8.12. The Morgan fingerprint density at radius 3 is 2.17 bits per heavy atom. The smallest absolute Gasteiger partial charge is 0.309 e. The lowest BCUT2D eigenvalue weighted by atomic mass is 9.70. The summed E-state index contributed by atoms with van der Waals surface area (Å²) in [4.78, 5) is 11.2. The summed E-state index contributed by atoms with van der Waals surface area (Å²) in [5, 5.41) is 19.9. The molecule has 0 spiro atoms. The van der Waals surface area contributed by atoms with E-state index in [1.54, 1.807) is 13.8 Å². The van der Waals surface area contributed by atoms with E-state index in [1.165, 1.54) is 0 Å². The molecule has 0 aliphatic carbocycles. The highest BCUT2D eigenvalue weighted by Crippen LogP contribution is 2.46. The van der Waals surface area contributed by atoms with Crippen molar-refractivity contribution in [3.63, 3.8) is 0 Å². The molecule has 2 N–H and O–H groups in total. The van der Waals surface area contributed by atoms with E-state index in [9.17, 15) is 15.0 Å². The summed E-state index contributed by atoms with van der Waals surface area (Å²) in [5.74, 6) is -1.33. The lowest BCUT2D eigenvalue weighted by molar-refractivity contribution is -0.265. The molecule has 1 fully saturated rings. The topological polar surface area (TPSA) is 66.8 Å². The molecule has 1 heterocycles. The Kier molecular flexibility index (Phi) is 4.13. The van der Waals surface area contributed by atoms with Crippen LogP contribution >= 0.6 is 0 Å². The zero-order valence-corrected chi connectivity index (χ0v) is 12.1. The van der Waals surface area contributed by atoms with E-state index >= 15 is 0 Å². The van der Waals surface area contributed by atoms with Gasteiger partial charge in [-0.05, 0) is 46.5 Å². The number of carboxylic acids is 1. The summed E-state index contributed by atoms with van der Waals surface area (Å²) >= 11 is 0. The summed E-state index contributed by atoms with van der Waals surface area (Å²) in [7, 11) is 0. The second-order valence-corrected chi connectivity index (χ2v) is 6.10. The highest BCUT2D eigenvalue weighted by Gasteiger charge is 2.54. The van der Waals surface area contributed by atoms with Crippen LogP contribution in [-0.4, -0.2) is 33.0 Å². The average Bonchev–Trinajstić information content (AvgIpc) is 2.25. The van der Waals surface area contributed by atoms with E-state index in [0.717, 1.165) is 0 Å². The molecule has 2 unspecified atom stereocenters. The van der Waals surface area contributed by atoms with Crippen molar-refractivity contribution in [1.82, 2.24) is 0 Å². The second kappa shape index (κ2) is 4.82. The molecule has 1 aliphatic rings. The normalized spacial score (nSPS) is 32.2. The Morgan fingerprint density at radius 2 is 1.83 bits per heavy atom. The molecule has 0 aromatic carbocycles. The van der Waals surface area contributed by atoms with Crippen LogP contribution < -0.4 is 0 Å². The molecule has 0 radical (unpaired) electrons. The van der Waals surface area contributed by atoms with E-state index in [-0.39, 0.29) is 0 Å². The first-order valence-electron chi connectivity index (χ1n) is 6.77. The van der Waals surface area contributed by atoms with Gasteiger partial charge in [0.15, 0.2) is 0 Å². The zero-order chi connectivity index (χ0) is 14.2. The van der Waals surface area contributed by atoms with E-state index < -0.39 is 28.7 Å². The summed E-state index contributed by atoms with van der Waals surface area (Å²) in [5.41, 5.74) is -2.32. The predicted octanol–water partition coefficient (Wildman–Crippen LogP) is 2.59. The highest BCUT2D eigenvalue weighted by atomic mass is 16.5. The van der Waals surface area contributed by atoms with Gasteiger partial charge in [-0.2, -0.15) is 0 Å². The van der Waals surface area contributed by atoms with Gasteiger partial charge in [-0.15, -0.1) is 0 Å². The minimum atomic E-state index is -0.895. The molecule has 4 heteroatoms. The summed E-state index contributed by atoms with van der Waals surface area (Å²) in [6, 6.07) is 0. The number of rotatable bonds is 4. The first kappa shape index (κ1) is 15.4. The van der Waals surface area contributed by atoms with E-state index in [0.29, 0.717) is 25.7 Å². The van der Waals surface area contributed by atoms with Crippen molar-refractivity contribution in [2.45, 2.75) is 77.1 Å². The molecule has 1 rings (SSSR count). The average molecular weight is 258 g/mol. The van der Waals surface area contributed by atoms with Crippen molar-refractivity contribution in [2.75, 3.05) is 0 Å². The van der Waals surface area contributed by atoms with E-state index in [4.69, 9.17) is 4.74 Å². The van der Waals surface area contributed by atoms with Crippen LogP contribution in [0.15, 0.2) is 0 Å². The van der Waals surface area contributed by atoms with Crippen molar-refractivity contribution in [1.29, 1.82) is 0 Å². The molecule has 0 saturated carbocycles. The van der Waals surface area contributed by atoms with Crippen LogP contribution in [0.4, 0.5) is 0 Å². The van der Waals surface area contributed by atoms with Crippen LogP contribution in [0, 0.1) is 5.92 Å². The quantitative estimate of drug-likeness (QED) is 0.813. The maximum atomic E-state index is 11.2. The Morgan fingerprint density at radius 1 is 1.33 bits per heavy atom. The third kappa shape index (κ3) is 2.41. The Hall–Kier alpha value is -0.610.